The van der Waals surface area contributed by atoms with Crippen LogP contribution in [0.15, 0.2) is 22.1 Å². The van der Waals surface area contributed by atoms with Crippen LogP contribution in [-0.4, -0.2) is 15.0 Å². The first-order chi connectivity index (χ1) is 2.50. The molecule has 0 aliphatic carbocycles. The monoisotopic (exact) mass is 134 g/mol. The van der Waals surface area contributed by atoms with Crippen molar-refractivity contribution in [1.29, 1.82) is 0 Å². The molecule has 1 rings (SSSR count). The van der Waals surface area contributed by atoms with Crippen LogP contribution in [0.1, 0.15) is 0 Å². The molecular formula is C4H6Se. The standard InChI is InChI=1S/C4H6Se/c1-2-4-5-3-1/h1-4H,5H2. The number of allylic oxidation sites excluding steroid dienone is 2. The van der Waals surface area contributed by atoms with Crippen molar-refractivity contribution in [1.82, 2.24) is 0 Å². The van der Waals surface area contributed by atoms with E-state index in [1.807, 2.05) is 0 Å². The van der Waals surface area contributed by atoms with Gasteiger partial charge in [-0.3, -0.25) is 0 Å². The molecule has 0 amide bonds. The van der Waals surface area contributed by atoms with Crippen molar-refractivity contribution in [2.75, 3.05) is 0 Å². The Hall–Kier alpha value is -0.000519. The predicted octanol–water partition coefficient (Wildman–Crippen LogP) is 0.196. The molecule has 5 heavy (non-hydrogen) atoms. The minimum absolute atomic E-state index is 0.278. The van der Waals surface area contributed by atoms with Gasteiger partial charge in [-0.25, -0.2) is 0 Å². The van der Waals surface area contributed by atoms with Crippen molar-refractivity contribution in [2.24, 2.45) is 0 Å². The van der Waals surface area contributed by atoms with E-state index in [0.29, 0.717) is 0 Å². The molecule has 1 heteroatoms. The van der Waals surface area contributed by atoms with Gasteiger partial charge in [-0.05, 0) is 0 Å². The third kappa shape index (κ3) is 0.640. The molecule has 0 fully saturated rings. The summed E-state index contributed by atoms with van der Waals surface area (Å²) in [5.74, 6) is 0. The summed E-state index contributed by atoms with van der Waals surface area (Å²) in [5.41, 5.74) is 0. The van der Waals surface area contributed by atoms with E-state index in [9.17, 15) is 0 Å². The molecule has 1 aliphatic rings. The molecule has 0 unspecified atom stereocenters. The van der Waals surface area contributed by atoms with Crippen LogP contribution >= 0.6 is 0 Å². The van der Waals surface area contributed by atoms with Gasteiger partial charge in [0.1, 0.15) is 0 Å². The first-order valence-electron chi connectivity index (χ1n) is 1.58. The van der Waals surface area contributed by atoms with Crippen molar-refractivity contribution >= 4 is 15.0 Å². The number of hydrogen-bond donors (Lipinski definition) is 0. The Labute approximate surface area is 37.7 Å². The fraction of sp³-hybridized carbons (Fsp3) is 0. The molecule has 0 aromatic carbocycles. The van der Waals surface area contributed by atoms with Crippen LogP contribution in [0.5, 0.6) is 0 Å². The van der Waals surface area contributed by atoms with E-state index in [-0.39, 0.29) is 15.0 Å². The summed E-state index contributed by atoms with van der Waals surface area (Å²) in [4.78, 5) is 4.50. The van der Waals surface area contributed by atoms with Crippen molar-refractivity contribution in [2.45, 2.75) is 0 Å². The maximum absolute atomic E-state index is 2.25. The van der Waals surface area contributed by atoms with Crippen LogP contribution in [0.4, 0.5) is 0 Å². The second-order valence-electron chi connectivity index (χ2n) is 0.885. The zero-order chi connectivity index (χ0) is 3.54. The van der Waals surface area contributed by atoms with E-state index in [1.165, 1.54) is 0 Å². The number of rotatable bonds is 0. The summed E-state index contributed by atoms with van der Waals surface area (Å²) < 4.78 is 0. The Morgan fingerprint density at radius 2 is 1.60 bits per heavy atom. The molecule has 0 bridgehead atoms. The summed E-state index contributed by atoms with van der Waals surface area (Å²) in [6.07, 6.45) is 4.22. The van der Waals surface area contributed by atoms with Gasteiger partial charge in [0, 0.05) is 0 Å². The zero-order valence-corrected chi connectivity index (χ0v) is 4.91. The fourth-order valence-corrected chi connectivity index (χ4v) is 1.44. The molecule has 0 saturated carbocycles. The maximum atomic E-state index is 2.25. The molecule has 1 heterocycles. The van der Waals surface area contributed by atoms with Gasteiger partial charge in [0.25, 0.3) is 0 Å². The molecule has 0 aromatic heterocycles. The van der Waals surface area contributed by atoms with Gasteiger partial charge >= 0.3 is 37.1 Å². The summed E-state index contributed by atoms with van der Waals surface area (Å²) in [6, 6.07) is 0. The molecule has 0 radical (unpaired) electrons. The Bertz CT molecular complexity index is 61.7. The molecule has 0 nitrogen and oxygen atoms in total. The Morgan fingerprint density at radius 1 is 1.00 bits per heavy atom. The summed E-state index contributed by atoms with van der Waals surface area (Å²) in [5, 5.41) is 0. The van der Waals surface area contributed by atoms with Crippen molar-refractivity contribution in [3.63, 3.8) is 0 Å². The van der Waals surface area contributed by atoms with E-state index < -0.39 is 0 Å². The van der Waals surface area contributed by atoms with Crippen molar-refractivity contribution < 1.29 is 0 Å². The molecule has 0 atom stereocenters. The van der Waals surface area contributed by atoms with Crippen molar-refractivity contribution in [3.8, 4) is 0 Å². The molecule has 1 aliphatic heterocycles. The van der Waals surface area contributed by atoms with Gasteiger partial charge in [-0.1, -0.05) is 0 Å². The van der Waals surface area contributed by atoms with Gasteiger partial charge < -0.3 is 0 Å². The second-order valence-corrected chi connectivity index (χ2v) is 2.98. The van der Waals surface area contributed by atoms with Crippen LogP contribution in [0.3, 0.4) is 0 Å². The molecule has 0 aromatic rings. The zero-order valence-electron chi connectivity index (χ0n) is 2.81. The van der Waals surface area contributed by atoms with E-state index in [1.54, 1.807) is 0 Å². The third-order valence-electron chi connectivity index (χ3n) is 0.496. The first kappa shape index (κ1) is 3.20. The van der Waals surface area contributed by atoms with Gasteiger partial charge in [-0.2, -0.15) is 0 Å². The average Bonchev–Trinajstić information content (AvgIpc) is 1.76. The van der Waals surface area contributed by atoms with Gasteiger partial charge in [-0.15, -0.1) is 0 Å². The first-order valence-corrected chi connectivity index (χ1v) is 4.00. The van der Waals surface area contributed by atoms with E-state index in [2.05, 4.69) is 22.1 Å². The van der Waals surface area contributed by atoms with E-state index >= 15 is 0 Å². The molecule has 28 valence electrons. The average molecular weight is 133 g/mol. The van der Waals surface area contributed by atoms with E-state index in [0.717, 1.165) is 0 Å². The molecule has 0 saturated heterocycles. The quantitative estimate of drug-likeness (QED) is 0.414. The van der Waals surface area contributed by atoms with Gasteiger partial charge in [0.15, 0.2) is 0 Å². The van der Waals surface area contributed by atoms with Crippen LogP contribution in [0, 0.1) is 0 Å². The predicted molar refractivity (Wildman–Crippen MR) is 26.8 cm³/mol. The Balaban J connectivity index is 2.61. The summed E-state index contributed by atoms with van der Waals surface area (Å²) in [7, 11) is 0. The third-order valence-corrected chi connectivity index (χ3v) is 2.11. The summed E-state index contributed by atoms with van der Waals surface area (Å²) in [6.45, 7) is 0. The SMILES string of the molecule is C1=C[SeH2]C=C1. The van der Waals surface area contributed by atoms with E-state index in [4.69, 9.17) is 0 Å². The molecule has 0 spiro atoms. The Morgan fingerprint density at radius 3 is 1.80 bits per heavy atom. The topological polar surface area (TPSA) is 0 Å². The fourth-order valence-electron chi connectivity index (χ4n) is 0.278. The Kier molecular flexibility index (Phi) is 0.921. The van der Waals surface area contributed by atoms with Gasteiger partial charge in [0.05, 0.1) is 0 Å². The second kappa shape index (κ2) is 1.44. The molecular weight excluding hydrogens is 127 g/mol. The number of hydrogen-bond acceptors (Lipinski definition) is 0. The van der Waals surface area contributed by atoms with Crippen molar-refractivity contribution in [3.05, 3.63) is 22.1 Å². The van der Waals surface area contributed by atoms with Crippen LogP contribution in [0.25, 0.3) is 0 Å². The minimum atomic E-state index is 0.278. The molecule has 0 N–H and O–H groups in total. The normalized spacial score (nSPS) is 19.2. The van der Waals surface area contributed by atoms with Crippen LogP contribution in [-0.2, 0) is 0 Å². The van der Waals surface area contributed by atoms with Crippen LogP contribution < -0.4 is 0 Å². The van der Waals surface area contributed by atoms with Crippen LogP contribution in [0.2, 0.25) is 0 Å². The van der Waals surface area contributed by atoms with Gasteiger partial charge in [0.2, 0.25) is 0 Å². The summed E-state index contributed by atoms with van der Waals surface area (Å²) >= 11 is 0.278.